The van der Waals surface area contributed by atoms with Crippen LogP contribution in [0.2, 0.25) is 0 Å². The van der Waals surface area contributed by atoms with E-state index in [2.05, 4.69) is 5.10 Å². The number of fused-ring (bicyclic) bond motifs is 1. The number of benzene rings is 2. The third-order valence-corrected chi connectivity index (χ3v) is 4.48. The van der Waals surface area contributed by atoms with Crippen LogP contribution in [0.25, 0.3) is 10.9 Å². The monoisotopic (exact) mass is 336 g/mol. The van der Waals surface area contributed by atoms with Crippen LogP contribution in [-0.2, 0) is 11.3 Å². The van der Waals surface area contributed by atoms with Crippen molar-refractivity contribution in [2.45, 2.75) is 19.4 Å². The second-order valence-electron chi connectivity index (χ2n) is 6.09. The fraction of sp³-hybridized carbons (Fsp3) is 0.222. The Morgan fingerprint density at radius 1 is 1.20 bits per heavy atom. The van der Waals surface area contributed by atoms with E-state index >= 15 is 0 Å². The summed E-state index contributed by atoms with van der Waals surface area (Å²) in [5, 5.41) is 16.3. The van der Waals surface area contributed by atoms with Crippen LogP contribution in [-0.4, -0.2) is 27.2 Å². The molecule has 1 amide bonds. The van der Waals surface area contributed by atoms with Gasteiger partial charge in [0.15, 0.2) is 0 Å². The zero-order chi connectivity index (χ0) is 17.4. The van der Waals surface area contributed by atoms with Gasteiger partial charge in [0.2, 0.25) is 5.91 Å². The van der Waals surface area contributed by atoms with Gasteiger partial charge < -0.3 is 4.90 Å². The molecule has 25 heavy (non-hydrogen) atoms. The summed E-state index contributed by atoms with van der Waals surface area (Å²) >= 11 is 0. The van der Waals surface area contributed by atoms with Gasteiger partial charge in [0.1, 0.15) is 0 Å². The van der Waals surface area contributed by atoms with E-state index < -0.39 is 4.92 Å². The van der Waals surface area contributed by atoms with Crippen molar-refractivity contribution >= 4 is 28.2 Å². The maximum Gasteiger partial charge on any atom is 0.282 e. The Hall–Kier alpha value is -3.22. The number of rotatable bonds is 4. The fourth-order valence-corrected chi connectivity index (χ4v) is 3.25. The fourth-order valence-electron chi connectivity index (χ4n) is 3.25. The molecule has 0 bridgehead atoms. The largest absolute Gasteiger partial charge is 0.312 e. The first-order valence-electron chi connectivity index (χ1n) is 8.12. The van der Waals surface area contributed by atoms with Crippen LogP contribution < -0.4 is 4.90 Å². The third-order valence-electron chi connectivity index (χ3n) is 4.48. The predicted octanol–water partition coefficient (Wildman–Crippen LogP) is 3.12. The number of anilines is 1. The lowest BCUT2D eigenvalue weighted by molar-refractivity contribution is -0.383. The molecule has 1 fully saturated rings. The van der Waals surface area contributed by atoms with Gasteiger partial charge in [-0.15, -0.1) is 0 Å². The molecule has 0 N–H and O–H groups in total. The number of nitrogens with zero attached hydrogens (tertiary/aromatic N) is 4. The van der Waals surface area contributed by atoms with Crippen molar-refractivity contribution in [2.75, 3.05) is 11.4 Å². The molecular weight excluding hydrogens is 320 g/mol. The highest BCUT2D eigenvalue weighted by molar-refractivity contribution is 5.99. The predicted molar refractivity (Wildman–Crippen MR) is 93.5 cm³/mol. The highest BCUT2D eigenvalue weighted by atomic mass is 16.6. The Bertz CT molecular complexity index is 965. The summed E-state index contributed by atoms with van der Waals surface area (Å²) in [6.07, 6.45) is 2.77. The second kappa shape index (κ2) is 6.01. The van der Waals surface area contributed by atoms with Crippen LogP contribution >= 0.6 is 0 Å². The summed E-state index contributed by atoms with van der Waals surface area (Å²) in [6.45, 7) is 1.10. The molecule has 1 aliphatic rings. The Labute approximate surface area is 143 Å². The van der Waals surface area contributed by atoms with Crippen LogP contribution in [0.4, 0.5) is 11.4 Å². The van der Waals surface area contributed by atoms with Crippen LogP contribution in [0.15, 0.2) is 48.7 Å². The number of carbonyl (C=O) groups excluding carboxylic acids is 1. The lowest BCUT2D eigenvalue weighted by Gasteiger charge is -2.16. The molecule has 0 aliphatic carbocycles. The average Bonchev–Trinajstić information content (AvgIpc) is 3.21. The molecule has 0 atom stereocenters. The van der Waals surface area contributed by atoms with E-state index in [4.69, 9.17) is 0 Å². The smallest absolute Gasteiger partial charge is 0.282 e. The van der Waals surface area contributed by atoms with Gasteiger partial charge in [-0.1, -0.05) is 30.3 Å². The topological polar surface area (TPSA) is 81.3 Å². The molecule has 126 valence electrons. The molecule has 0 spiro atoms. The maximum atomic E-state index is 12.0. The molecule has 3 aromatic rings. The van der Waals surface area contributed by atoms with E-state index in [0.29, 0.717) is 36.1 Å². The minimum Gasteiger partial charge on any atom is -0.312 e. The van der Waals surface area contributed by atoms with E-state index in [1.807, 2.05) is 36.4 Å². The third kappa shape index (κ3) is 2.73. The lowest BCUT2D eigenvalue weighted by atomic mass is 10.1. The molecule has 0 saturated carbocycles. The first-order chi connectivity index (χ1) is 12.1. The molecule has 1 aromatic heterocycles. The maximum absolute atomic E-state index is 12.0. The summed E-state index contributed by atoms with van der Waals surface area (Å²) in [6, 6.07) is 13.1. The van der Waals surface area contributed by atoms with Crippen molar-refractivity contribution in [2.24, 2.45) is 0 Å². The molecule has 7 nitrogen and oxygen atoms in total. The van der Waals surface area contributed by atoms with E-state index in [1.54, 1.807) is 9.58 Å². The summed E-state index contributed by atoms with van der Waals surface area (Å²) in [4.78, 5) is 24.7. The molecule has 1 saturated heterocycles. The lowest BCUT2D eigenvalue weighted by Crippen LogP contribution is -2.23. The zero-order valence-corrected chi connectivity index (χ0v) is 13.5. The van der Waals surface area contributed by atoms with E-state index in [-0.39, 0.29) is 11.6 Å². The quantitative estimate of drug-likeness (QED) is 0.541. The molecular formula is C18H16N4O3. The summed E-state index contributed by atoms with van der Waals surface area (Å²) in [5.74, 6) is 0.00257. The van der Waals surface area contributed by atoms with Gasteiger partial charge in [0.25, 0.3) is 5.69 Å². The van der Waals surface area contributed by atoms with E-state index in [9.17, 15) is 14.9 Å². The van der Waals surface area contributed by atoms with Crippen LogP contribution in [0.3, 0.4) is 0 Å². The van der Waals surface area contributed by atoms with Gasteiger partial charge >= 0.3 is 0 Å². The molecule has 4 rings (SSSR count). The molecule has 0 unspecified atom stereocenters. The van der Waals surface area contributed by atoms with E-state index in [0.717, 1.165) is 12.0 Å². The highest BCUT2D eigenvalue weighted by Gasteiger charge is 2.26. The molecule has 2 aromatic carbocycles. The molecule has 0 radical (unpaired) electrons. The van der Waals surface area contributed by atoms with Gasteiger partial charge in [-0.05, 0) is 18.1 Å². The number of nitro groups is 1. The van der Waals surface area contributed by atoms with Crippen molar-refractivity contribution in [3.63, 3.8) is 0 Å². The zero-order valence-electron chi connectivity index (χ0n) is 13.5. The molecule has 2 heterocycles. The Morgan fingerprint density at radius 2 is 2.00 bits per heavy atom. The number of hydrogen-bond acceptors (Lipinski definition) is 4. The van der Waals surface area contributed by atoms with E-state index in [1.165, 1.54) is 12.3 Å². The van der Waals surface area contributed by atoms with Gasteiger partial charge in [-0.2, -0.15) is 5.10 Å². The van der Waals surface area contributed by atoms with Crippen LogP contribution in [0.1, 0.15) is 18.4 Å². The Kier molecular flexibility index (Phi) is 3.68. The normalized spacial score (nSPS) is 14.4. The minimum atomic E-state index is -0.416. The van der Waals surface area contributed by atoms with Crippen molar-refractivity contribution in [3.05, 3.63) is 64.3 Å². The molecule has 1 aliphatic heterocycles. The van der Waals surface area contributed by atoms with Gasteiger partial charge in [0, 0.05) is 19.0 Å². The number of amides is 1. The van der Waals surface area contributed by atoms with Gasteiger partial charge in [-0.3, -0.25) is 19.6 Å². The highest BCUT2D eigenvalue weighted by Crippen LogP contribution is 2.33. The Balaban J connectivity index is 1.84. The summed E-state index contributed by atoms with van der Waals surface area (Å²) in [5.41, 5.74) is 2.26. The number of hydrogen-bond donors (Lipinski definition) is 0. The van der Waals surface area contributed by atoms with Crippen molar-refractivity contribution in [1.82, 2.24) is 9.78 Å². The molecule has 7 heteroatoms. The first-order valence-corrected chi connectivity index (χ1v) is 8.12. The number of carbonyl (C=O) groups is 1. The number of non-ortho nitro benzene ring substituents is 1. The SMILES string of the molecule is O=C1CCCN1c1cc([N+](=O)[O-])c2cnn(Cc3ccccc3)c2c1. The number of aromatic nitrogens is 2. The van der Waals surface area contributed by atoms with Crippen molar-refractivity contribution in [1.29, 1.82) is 0 Å². The first kappa shape index (κ1) is 15.3. The summed E-state index contributed by atoms with van der Waals surface area (Å²) in [7, 11) is 0. The average molecular weight is 336 g/mol. The standard InChI is InChI=1S/C18H16N4O3/c23-18-7-4-8-20(18)14-9-16-15(17(10-14)22(24)25)11-19-21(16)12-13-5-2-1-3-6-13/h1-3,5-6,9-11H,4,7-8,12H2. The summed E-state index contributed by atoms with van der Waals surface area (Å²) < 4.78 is 1.74. The van der Waals surface area contributed by atoms with Gasteiger partial charge in [-0.25, -0.2) is 0 Å². The van der Waals surface area contributed by atoms with Crippen molar-refractivity contribution in [3.8, 4) is 0 Å². The van der Waals surface area contributed by atoms with Gasteiger partial charge in [0.05, 0.1) is 34.3 Å². The van der Waals surface area contributed by atoms with Crippen molar-refractivity contribution < 1.29 is 9.72 Å². The number of nitro benzene ring substituents is 1. The van der Waals surface area contributed by atoms with Crippen LogP contribution in [0.5, 0.6) is 0 Å². The minimum absolute atomic E-state index is 0.00257. The second-order valence-corrected chi connectivity index (χ2v) is 6.09. The Morgan fingerprint density at radius 3 is 2.68 bits per heavy atom. The van der Waals surface area contributed by atoms with Crippen LogP contribution in [0, 0.1) is 10.1 Å².